The number of ether oxygens (including phenoxy) is 1. The van der Waals surface area contributed by atoms with Gasteiger partial charge in [0.1, 0.15) is 5.75 Å². The molecule has 32 heavy (non-hydrogen) atoms. The highest BCUT2D eigenvalue weighted by Gasteiger charge is 2.36. The number of amides is 1. The van der Waals surface area contributed by atoms with Gasteiger partial charge in [0.2, 0.25) is 0 Å². The molecule has 1 heterocycles. The standard InChI is InChI=1S/C25H26N2O4S/c1-3-15-31-24-14-7-5-12-22(24)26-25(28)20-10-8-11-21(17-20)32(29,30)27-18(2)16-19-9-4-6-13-23(19)27/h4-14,17-18H,3,15-16H2,1-2H3,(H,26,28). The molecule has 1 aliphatic rings. The molecule has 166 valence electrons. The minimum atomic E-state index is -3.82. The first-order valence-electron chi connectivity index (χ1n) is 10.7. The Hall–Kier alpha value is -3.32. The number of sulfonamides is 1. The molecule has 7 heteroatoms. The second kappa shape index (κ2) is 9.04. The van der Waals surface area contributed by atoms with Crippen molar-refractivity contribution in [3.63, 3.8) is 0 Å². The maximum absolute atomic E-state index is 13.5. The number of nitrogens with zero attached hydrogens (tertiary/aromatic N) is 1. The summed E-state index contributed by atoms with van der Waals surface area (Å²) in [5.74, 6) is 0.179. The summed E-state index contributed by atoms with van der Waals surface area (Å²) >= 11 is 0. The van der Waals surface area contributed by atoms with Crippen molar-refractivity contribution in [2.45, 2.75) is 37.6 Å². The zero-order valence-electron chi connectivity index (χ0n) is 18.1. The average Bonchev–Trinajstić information content (AvgIpc) is 3.15. The summed E-state index contributed by atoms with van der Waals surface area (Å²) in [6, 6.07) is 20.7. The summed E-state index contributed by atoms with van der Waals surface area (Å²) in [7, 11) is -3.82. The largest absolute Gasteiger partial charge is 0.491 e. The van der Waals surface area contributed by atoms with E-state index >= 15 is 0 Å². The van der Waals surface area contributed by atoms with Crippen LogP contribution < -0.4 is 14.4 Å². The Kier molecular flexibility index (Phi) is 6.19. The van der Waals surface area contributed by atoms with Gasteiger partial charge in [-0.3, -0.25) is 9.10 Å². The molecule has 0 fully saturated rings. The lowest BCUT2D eigenvalue weighted by Gasteiger charge is -2.24. The molecule has 3 aromatic rings. The summed E-state index contributed by atoms with van der Waals surface area (Å²) in [6.07, 6.45) is 1.50. The summed E-state index contributed by atoms with van der Waals surface area (Å²) < 4.78 is 34.1. The van der Waals surface area contributed by atoms with Crippen molar-refractivity contribution in [3.8, 4) is 5.75 Å². The number of rotatable bonds is 7. The summed E-state index contributed by atoms with van der Waals surface area (Å²) in [4.78, 5) is 13.0. The molecular weight excluding hydrogens is 424 g/mol. The van der Waals surface area contributed by atoms with Crippen LogP contribution in [0.5, 0.6) is 5.75 Å². The van der Waals surface area contributed by atoms with E-state index in [4.69, 9.17) is 4.74 Å². The van der Waals surface area contributed by atoms with Gasteiger partial charge in [0.05, 0.1) is 22.9 Å². The minimum absolute atomic E-state index is 0.0872. The van der Waals surface area contributed by atoms with Crippen molar-refractivity contribution in [1.82, 2.24) is 0 Å². The number of carbonyl (C=O) groups is 1. The molecule has 0 spiro atoms. The van der Waals surface area contributed by atoms with Crippen LogP contribution in [0.2, 0.25) is 0 Å². The van der Waals surface area contributed by atoms with Crippen LogP contribution in [-0.2, 0) is 16.4 Å². The lowest BCUT2D eigenvalue weighted by atomic mass is 10.1. The van der Waals surface area contributed by atoms with E-state index in [1.165, 1.54) is 16.4 Å². The molecule has 6 nitrogen and oxygen atoms in total. The predicted molar refractivity (Wildman–Crippen MR) is 126 cm³/mol. The minimum Gasteiger partial charge on any atom is -0.491 e. The number of para-hydroxylation sites is 3. The Labute approximate surface area is 188 Å². The van der Waals surface area contributed by atoms with Gasteiger partial charge in [-0.05, 0) is 61.7 Å². The van der Waals surface area contributed by atoms with Gasteiger partial charge in [0.25, 0.3) is 15.9 Å². The van der Waals surface area contributed by atoms with Crippen LogP contribution in [0.1, 0.15) is 36.2 Å². The van der Waals surface area contributed by atoms with E-state index in [1.807, 2.05) is 50.2 Å². The van der Waals surface area contributed by atoms with Crippen LogP contribution in [0.3, 0.4) is 0 Å². The highest BCUT2D eigenvalue weighted by atomic mass is 32.2. The van der Waals surface area contributed by atoms with Crippen molar-refractivity contribution in [2.75, 3.05) is 16.2 Å². The zero-order chi connectivity index (χ0) is 22.7. The van der Waals surface area contributed by atoms with Crippen LogP contribution >= 0.6 is 0 Å². The maximum Gasteiger partial charge on any atom is 0.264 e. The van der Waals surface area contributed by atoms with E-state index in [0.29, 0.717) is 30.2 Å². The predicted octanol–water partition coefficient (Wildman–Crippen LogP) is 4.87. The molecular formula is C25H26N2O4S. The van der Waals surface area contributed by atoms with Crippen molar-refractivity contribution in [3.05, 3.63) is 83.9 Å². The summed E-state index contributed by atoms with van der Waals surface area (Å²) in [5.41, 5.74) is 2.50. The molecule has 3 aromatic carbocycles. The monoisotopic (exact) mass is 450 g/mol. The van der Waals surface area contributed by atoms with Crippen molar-refractivity contribution < 1.29 is 17.9 Å². The van der Waals surface area contributed by atoms with E-state index in [1.54, 1.807) is 24.3 Å². The first kappa shape index (κ1) is 21.9. The molecule has 1 N–H and O–H groups in total. The van der Waals surface area contributed by atoms with Crippen LogP contribution in [0, 0.1) is 0 Å². The highest BCUT2D eigenvalue weighted by Crippen LogP contribution is 2.36. The van der Waals surface area contributed by atoms with E-state index in [-0.39, 0.29) is 16.5 Å². The molecule has 0 radical (unpaired) electrons. The third kappa shape index (κ3) is 4.21. The van der Waals surface area contributed by atoms with E-state index in [2.05, 4.69) is 5.32 Å². The fourth-order valence-electron chi connectivity index (χ4n) is 3.92. The normalized spacial score (nSPS) is 15.3. The highest BCUT2D eigenvalue weighted by molar-refractivity contribution is 7.92. The number of nitrogens with one attached hydrogen (secondary N) is 1. The van der Waals surface area contributed by atoms with Gasteiger partial charge in [-0.1, -0.05) is 43.3 Å². The molecule has 0 bridgehead atoms. The number of hydrogen-bond acceptors (Lipinski definition) is 4. The lowest BCUT2D eigenvalue weighted by molar-refractivity contribution is 0.102. The molecule has 4 rings (SSSR count). The molecule has 0 aromatic heterocycles. The SMILES string of the molecule is CCCOc1ccccc1NC(=O)c1cccc(S(=O)(=O)N2c3ccccc3CC2C)c1. The second-order valence-electron chi connectivity index (χ2n) is 7.81. The van der Waals surface area contributed by atoms with Gasteiger partial charge >= 0.3 is 0 Å². The van der Waals surface area contributed by atoms with Crippen LogP contribution in [0.25, 0.3) is 0 Å². The molecule has 1 amide bonds. The lowest BCUT2D eigenvalue weighted by Crippen LogP contribution is -2.35. The van der Waals surface area contributed by atoms with E-state index in [9.17, 15) is 13.2 Å². The third-order valence-corrected chi connectivity index (χ3v) is 7.32. The van der Waals surface area contributed by atoms with Crippen molar-refractivity contribution in [2.24, 2.45) is 0 Å². The number of anilines is 2. The van der Waals surface area contributed by atoms with Crippen LogP contribution in [0.4, 0.5) is 11.4 Å². The van der Waals surface area contributed by atoms with Gasteiger partial charge in [-0.25, -0.2) is 8.42 Å². The molecule has 0 aliphatic carbocycles. The summed E-state index contributed by atoms with van der Waals surface area (Å²) in [6.45, 7) is 4.43. The fraction of sp³-hybridized carbons (Fsp3) is 0.240. The first-order chi connectivity index (χ1) is 15.4. The Morgan fingerprint density at radius 2 is 1.81 bits per heavy atom. The molecule has 1 unspecified atom stereocenters. The van der Waals surface area contributed by atoms with Gasteiger partial charge in [-0.15, -0.1) is 0 Å². The Balaban J connectivity index is 1.61. The van der Waals surface area contributed by atoms with E-state index < -0.39 is 15.9 Å². The molecule has 0 saturated heterocycles. The summed E-state index contributed by atoms with van der Waals surface area (Å²) in [5, 5.41) is 2.84. The fourth-order valence-corrected chi connectivity index (χ4v) is 5.66. The van der Waals surface area contributed by atoms with E-state index in [0.717, 1.165) is 12.0 Å². The number of benzene rings is 3. The topological polar surface area (TPSA) is 75.7 Å². The quantitative estimate of drug-likeness (QED) is 0.557. The average molecular weight is 451 g/mol. The Morgan fingerprint density at radius 3 is 2.62 bits per heavy atom. The van der Waals surface area contributed by atoms with Crippen molar-refractivity contribution in [1.29, 1.82) is 0 Å². The maximum atomic E-state index is 13.5. The number of hydrogen-bond donors (Lipinski definition) is 1. The van der Waals surface area contributed by atoms with Crippen molar-refractivity contribution >= 4 is 27.3 Å². The smallest absolute Gasteiger partial charge is 0.264 e. The zero-order valence-corrected chi connectivity index (χ0v) is 18.9. The number of carbonyl (C=O) groups excluding carboxylic acids is 1. The first-order valence-corrected chi connectivity index (χ1v) is 12.1. The third-order valence-electron chi connectivity index (χ3n) is 5.39. The molecule has 1 aliphatic heterocycles. The Morgan fingerprint density at radius 1 is 1.06 bits per heavy atom. The second-order valence-corrected chi connectivity index (χ2v) is 9.62. The van der Waals surface area contributed by atoms with Gasteiger partial charge in [0.15, 0.2) is 0 Å². The van der Waals surface area contributed by atoms with Gasteiger partial charge in [0, 0.05) is 11.6 Å². The molecule has 1 atom stereocenters. The van der Waals surface area contributed by atoms with Crippen LogP contribution in [-0.4, -0.2) is 27.0 Å². The van der Waals surface area contributed by atoms with Gasteiger partial charge in [-0.2, -0.15) is 0 Å². The van der Waals surface area contributed by atoms with Crippen LogP contribution in [0.15, 0.2) is 77.7 Å². The number of fused-ring (bicyclic) bond motifs is 1. The van der Waals surface area contributed by atoms with Gasteiger partial charge < -0.3 is 10.1 Å². The molecule has 0 saturated carbocycles. The Bertz CT molecular complexity index is 1240.